The molecule has 1 atom stereocenters. The van der Waals surface area contributed by atoms with Gasteiger partial charge in [-0.15, -0.1) is 11.8 Å². The molecule has 0 aliphatic carbocycles. The van der Waals surface area contributed by atoms with Crippen LogP contribution in [-0.2, 0) is 4.79 Å². The van der Waals surface area contributed by atoms with E-state index in [0.717, 1.165) is 36.0 Å². The molecule has 4 heteroatoms. The summed E-state index contributed by atoms with van der Waals surface area (Å²) in [6, 6.07) is 7.91. The van der Waals surface area contributed by atoms with E-state index in [1.807, 2.05) is 38.1 Å². The number of thioether (sulfide) groups is 1. The van der Waals surface area contributed by atoms with Crippen LogP contribution in [0.25, 0.3) is 0 Å². The molecule has 3 nitrogen and oxygen atoms in total. The van der Waals surface area contributed by atoms with Gasteiger partial charge in [-0.3, -0.25) is 4.79 Å². The number of hydrogen-bond donors (Lipinski definition) is 2. The van der Waals surface area contributed by atoms with Crippen molar-refractivity contribution in [2.24, 2.45) is 5.92 Å². The Balaban J connectivity index is 1.78. The molecule has 0 bridgehead atoms. The highest BCUT2D eigenvalue weighted by Gasteiger charge is 2.18. The average Bonchev–Trinajstić information content (AvgIpc) is 2.48. The van der Waals surface area contributed by atoms with Crippen LogP contribution in [0.2, 0.25) is 0 Å². The molecule has 1 saturated heterocycles. The second-order valence-electron chi connectivity index (χ2n) is 5.47. The van der Waals surface area contributed by atoms with Gasteiger partial charge in [-0.1, -0.05) is 18.2 Å². The highest BCUT2D eigenvalue weighted by molar-refractivity contribution is 8.00. The van der Waals surface area contributed by atoms with Crippen molar-refractivity contribution in [3.8, 4) is 0 Å². The van der Waals surface area contributed by atoms with E-state index in [-0.39, 0.29) is 11.2 Å². The molecule has 1 amide bonds. The zero-order valence-electron chi connectivity index (χ0n) is 12.3. The third-order valence-electron chi connectivity index (χ3n) is 3.81. The molecule has 1 unspecified atom stereocenters. The molecule has 1 aromatic rings. The molecule has 0 aromatic heterocycles. The second-order valence-corrected chi connectivity index (χ2v) is 6.85. The summed E-state index contributed by atoms with van der Waals surface area (Å²) in [5, 5.41) is 6.41. The van der Waals surface area contributed by atoms with Crippen molar-refractivity contribution >= 4 is 23.4 Å². The third kappa shape index (κ3) is 4.53. The molecule has 0 radical (unpaired) electrons. The van der Waals surface area contributed by atoms with E-state index in [2.05, 4.69) is 10.6 Å². The summed E-state index contributed by atoms with van der Waals surface area (Å²) >= 11 is 1.78. The summed E-state index contributed by atoms with van der Waals surface area (Å²) in [4.78, 5) is 12.2. The maximum absolute atomic E-state index is 12.2. The van der Waals surface area contributed by atoms with Crippen molar-refractivity contribution in [3.05, 3.63) is 29.8 Å². The van der Waals surface area contributed by atoms with Gasteiger partial charge in [0.05, 0.1) is 5.25 Å². The number of anilines is 1. The number of piperidine rings is 1. The second kappa shape index (κ2) is 7.70. The molecular formula is C16H24N2OS. The van der Waals surface area contributed by atoms with Crippen LogP contribution in [0.5, 0.6) is 0 Å². The number of nitrogens with one attached hydrogen (secondary N) is 2. The summed E-state index contributed by atoms with van der Waals surface area (Å²) in [7, 11) is 0. The lowest BCUT2D eigenvalue weighted by atomic mass is 10.0. The molecular weight excluding hydrogens is 268 g/mol. The summed E-state index contributed by atoms with van der Waals surface area (Å²) < 4.78 is 0. The lowest BCUT2D eigenvalue weighted by Gasteiger charge is -2.23. The Morgan fingerprint density at radius 2 is 2.10 bits per heavy atom. The van der Waals surface area contributed by atoms with Crippen LogP contribution in [0.4, 0.5) is 5.69 Å². The van der Waals surface area contributed by atoms with Gasteiger partial charge >= 0.3 is 0 Å². The van der Waals surface area contributed by atoms with Crippen LogP contribution in [0.1, 0.15) is 25.3 Å². The first-order valence-electron chi connectivity index (χ1n) is 7.35. The lowest BCUT2D eigenvalue weighted by Crippen LogP contribution is -2.30. The van der Waals surface area contributed by atoms with E-state index in [1.165, 1.54) is 12.8 Å². The smallest absolute Gasteiger partial charge is 0.237 e. The van der Waals surface area contributed by atoms with Crippen LogP contribution in [0, 0.1) is 12.8 Å². The van der Waals surface area contributed by atoms with Crippen molar-refractivity contribution in [3.63, 3.8) is 0 Å². The Morgan fingerprint density at radius 1 is 1.40 bits per heavy atom. The number of amides is 1. The van der Waals surface area contributed by atoms with Crippen molar-refractivity contribution in [2.45, 2.75) is 31.9 Å². The van der Waals surface area contributed by atoms with Crippen LogP contribution >= 0.6 is 11.8 Å². The van der Waals surface area contributed by atoms with Gasteiger partial charge in [-0.2, -0.15) is 0 Å². The van der Waals surface area contributed by atoms with Crippen molar-refractivity contribution in [1.82, 2.24) is 5.32 Å². The van der Waals surface area contributed by atoms with E-state index in [4.69, 9.17) is 0 Å². The quantitative estimate of drug-likeness (QED) is 0.876. The zero-order valence-corrected chi connectivity index (χ0v) is 13.1. The molecule has 0 spiro atoms. The van der Waals surface area contributed by atoms with Crippen molar-refractivity contribution in [1.29, 1.82) is 0 Å². The van der Waals surface area contributed by atoms with Crippen molar-refractivity contribution < 1.29 is 4.79 Å². The minimum atomic E-state index is 0.00416. The number of rotatable bonds is 5. The fraction of sp³-hybridized carbons (Fsp3) is 0.562. The van der Waals surface area contributed by atoms with Gasteiger partial charge in [0.15, 0.2) is 0 Å². The van der Waals surface area contributed by atoms with E-state index >= 15 is 0 Å². The molecule has 2 rings (SSSR count). The fourth-order valence-electron chi connectivity index (χ4n) is 2.35. The van der Waals surface area contributed by atoms with Crippen molar-refractivity contribution in [2.75, 3.05) is 24.2 Å². The number of hydrogen-bond acceptors (Lipinski definition) is 3. The molecule has 1 aromatic carbocycles. The van der Waals surface area contributed by atoms with E-state index in [0.29, 0.717) is 0 Å². The summed E-state index contributed by atoms with van der Waals surface area (Å²) in [5.41, 5.74) is 2.03. The SMILES string of the molecule is Cc1ccccc1NC(=O)C(C)SCC1CCNCC1. The minimum Gasteiger partial charge on any atom is -0.325 e. The minimum absolute atomic E-state index is 0.00416. The van der Waals surface area contributed by atoms with E-state index in [1.54, 1.807) is 11.8 Å². The molecule has 2 N–H and O–H groups in total. The number of benzene rings is 1. The van der Waals surface area contributed by atoms with Gasteiger partial charge in [-0.25, -0.2) is 0 Å². The van der Waals surface area contributed by atoms with Gasteiger partial charge in [0, 0.05) is 5.69 Å². The Kier molecular flexibility index (Phi) is 5.92. The highest BCUT2D eigenvalue weighted by atomic mass is 32.2. The maximum Gasteiger partial charge on any atom is 0.237 e. The van der Waals surface area contributed by atoms with E-state index < -0.39 is 0 Å². The predicted octanol–water partition coefficient (Wildman–Crippen LogP) is 3.05. The highest BCUT2D eigenvalue weighted by Crippen LogP contribution is 2.22. The summed E-state index contributed by atoms with van der Waals surface area (Å²) in [6.07, 6.45) is 2.47. The third-order valence-corrected chi connectivity index (χ3v) is 5.19. The Labute approximate surface area is 125 Å². The first-order chi connectivity index (χ1) is 9.66. The largest absolute Gasteiger partial charge is 0.325 e. The molecule has 0 saturated carbocycles. The average molecular weight is 292 g/mol. The first kappa shape index (κ1) is 15.4. The maximum atomic E-state index is 12.2. The molecule has 110 valence electrons. The summed E-state index contributed by atoms with van der Waals surface area (Å²) in [6.45, 7) is 6.26. The Hall–Kier alpha value is -1.000. The van der Waals surface area contributed by atoms with Gasteiger partial charge in [0.2, 0.25) is 5.91 Å². The van der Waals surface area contributed by atoms with Gasteiger partial charge in [0.1, 0.15) is 0 Å². The van der Waals surface area contributed by atoms with Crippen LogP contribution in [-0.4, -0.2) is 30.0 Å². The number of carbonyl (C=O) groups excluding carboxylic acids is 1. The van der Waals surface area contributed by atoms with Crippen LogP contribution < -0.4 is 10.6 Å². The molecule has 20 heavy (non-hydrogen) atoms. The topological polar surface area (TPSA) is 41.1 Å². The van der Waals surface area contributed by atoms with Crippen LogP contribution in [0.3, 0.4) is 0 Å². The first-order valence-corrected chi connectivity index (χ1v) is 8.40. The number of carbonyl (C=O) groups is 1. The fourth-order valence-corrected chi connectivity index (χ4v) is 3.46. The number of aryl methyl sites for hydroxylation is 1. The Bertz CT molecular complexity index is 444. The normalized spacial score (nSPS) is 17.7. The van der Waals surface area contributed by atoms with Gasteiger partial charge < -0.3 is 10.6 Å². The van der Waals surface area contributed by atoms with Gasteiger partial charge in [-0.05, 0) is 63.1 Å². The van der Waals surface area contributed by atoms with Crippen LogP contribution in [0.15, 0.2) is 24.3 Å². The standard InChI is InChI=1S/C16H24N2OS/c1-12-5-3-4-6-15(12)18-16(19)13(2)20-11-14-7-9-17-10-8-14/h3-6,13-14,17H,7-11H2,1-2H3,(H,18,19). The van der Waals surface area contributed by atoms with E-state index in [9.17, 15) is 4.79 Å². The molecule has 1 fully saturated rings. The predicted molar refractivity (Wildman–Crippen MR) is 87.3 cm³/mol. The monoisotopic (exact) mass is 292 g/mol. The van der Waals surface area contributed by atoms with Gasteiger partial charge in [0.25, 0.3) is 0 Å². The number of para-hydroxylation sites is 1. The lowest BCUT2D eigenvalue weighted by molar-refractivity contribution is -0.115. The Morgan fingerprint density at radius 3 is 2.80 bits per heavy atom. The molecule has 1 aliphatic rings. The summed E-state index contributed by atoms with van der Waals surface area (Å²) in [5.74, 6) is 1.96. The molecule has 1 heterocycles. The zero-order chi connectivity index (χ0) is 14.4. The molecule has 1 aliphatic heterocycles.